The van der Waals surface area contributed by atoms with Gasteiger partial charge in [0, 0.05) is 24.4 Å². The average molecular weight is 234 g/mol. The summed E-state index contributed by atoms with van der Waals surface area (Å²) in [6, 6.07) is 8.03. The molecule has 0 unspecified atom stereocenters. The molecule has 16 heavy (non-hydrogen) atoms. The van der Waals surface area contributed by atoms with E-state index in [9.17, 15) is 0 Å². The van der Waals surface area contributed by atoms with E-state index in [0.717, 1.165) is 28.6 Å². The van der Waals surface area contributed by atoms with Crippen molar-refractivity contribution in [3.63, 3.8) is 0 Å². The number of aromatic nitrogens is 1. The summed E-state index contributed by atoms with van der Waals surface area (Å²) in [5, 5.41) is 6.05. The first-order chi connectivity index (χ1) is 7.83. The molecular formula is C12H14N2OS. The fraction of sp³-hybridized carbons (Fsp3) is 0.250. The van der Waals surface area contributed by atoms with Gasteiger partial charge >= 0.3 is 0 Å². The lowest BCUT2D eigenvalue weighted by atomic mass is 10.1. The van der Waals surface area contributed by atoms with E-state index in [-0.39, 0.29) is 0 Å². The fourth-order valence-electron chi connectivity index (χ4n) is 1.55. The minimum Gasteiger partial charge on any atom is -0.496 e. The number of benzene rings is 1. The topological polar surface area (TPSA) is 34.2 Å². The predicted octanol–water partition coefficient (Wildman–Crippen LogP) is 2.78. The monoisotopic (exact) mass is 234 g/mol. The minimum atomic E-state index is 0.808. The lowest BCUT2D eigenvalue weighted by molar-refractivity contribution is 0.410. The summed E-state index contributed by atoms with van der Waals surface area (Å²) >= 11 is 1.62. The van der Waals surface area contributed by atoms with Crippen LogP contribution in [0.15, 0.2) is 29.6 Å². The number of para-hydroxylation sites is 1. The summed E-state index contributed by atoms with van der Waals surface area (Å²) in [6.07, 6.45) is 0.808. The van der Waals surface area contributed by atoms with E-state index in [1.165, 1.54) is 0 Å². The van der Waals surface area contributed by atoms with Gasteiger partial charge in [-0.2, -0.15) is 0 Å². The largest absolute Gasteiger partial charge is 0.496 e. The molecule has 0 spiro atoms. The molecule has 0 atom stereocenters. The fourth-order valence-corrected chi connectivity index (χ4v) is 2.22. The molecule has 0 aliphatic carbocycles. The van der Waals surface area contributed by atoms with Gasteiger partial charge in [0.15, 0.2) is 5.13 Å². The Morgan fingerprint density at radius 2 is 2.19 bits per heavy atom. The van der Waals surface area contributed by atoms with Crippen LogP contribution in [0, 0.1) is 0 Å². The van der Waals surface area contributed by atoms with Crippen LogP contribution in [0.1, 0.15) is 11.3 Å². The molecule has 0 aliphatic rings. The minimum absolute atomic E-state index is 0.808. The molecular weight excluding hydrogens is 220 g/mol. The summed E-state index contributed by atoms with van der Waals surface area (Å²) in [7, 11) is 3.57. The Balaban J connectivity index is 2.19. The molecule has 3 nitrogen and oxygen atoms in total. The summed E-state index contributed by atoms with van der Waals surface area (Å²) in [5.74, 6) is 0.918. The van der Waals surface area contributed by atoms with Crippen molar-refractivity contribution in [3.05, 3.63) is 40.9 Å². The zero-order chi connectivity index (χ0) is 11.4. The molecule has 1 heterocycles. The highest BCUT2D eigenvalue weighted by Gasteiger charge is 2.05. The Bertz CT molecular complexity index is 468. The highest BCUT2D eigenvalue weighted by molar-refractivity contribution is 7.13. The van der Waals surface area contributed by atoms with Crippen molar-refractivity contribution in [2.45, 2.75) is 6.42 Å². The third kappa shape index (κ3) is 2.33. The number of hydrogen-bond acceptors (Lipinski definition) is 4. The molecule has 1 aromatic heterocycles. The predicted molar refractivity (Wildman–Crippen MR) is 67.5 cm³/mol. The molecule has 0 radical (unpaired) electrons. The van der Waals surface area contributed by atoms with E-state index in [2.05, 4.69) is 21.7 Å². The Labute approximate surface area is 99.1 Å². The first kappa shape index (κ1) is 11.0. The number of anilines is 1. The lowest BCUT2D eigenvalue weighted by Crippen LogP contribution is -1.94. The molecule has 0 amide bonds. The third-order valence-corrected chi connectivity index (χ3v) is 3.24. The molecule has 2 aromatic rings. The van der Waals surface area contributed by atoms with Gasteiger partial charge in [0.25, 0.3) is 0 Å². The third-order valence-electron chi connectivity index (χ3n) is 2.33. The van der Waals surface area contributed by atoms with Crippen molar-refractivity contribution in [1.82, 2.24) is 4.98 Å². The zero-order valence-corrected chi connectivity index (χ0v) is 10.2. The van der Waals surface area contributed by atoms with Crippen LogP contribution >= 0.6 is 11.3 Å². The maximum atomic E-state index is 5.31. The molecule has 0 fully saturated rings. The van der Waals surface area contributed by atoms with Gasteiger partial charge in [0.05, 0.1) is 12.8 Å². The summed E-state index contributed by atoms with van der Waals surface area (Å²) in [4.78, 5) is 4.45. The van der Waals surface area contributed by atoms with Crippen LogP contribution in [0.2, 0.25) is 0 Å². The van der Waals surface area contributed by atoms with Crippen LogP contribution in [-0.2, 0) is 6.42 Å². The Kier molecular flexibility index (Phi) is 3.41. The summed E-state index contributed by atoms with van der Waals surface area (Å²) < 4.78 is 5.31. The number of methoxy groups -OCH3 is 1. The van der Waals surface area contributed by atoms with Crippen molar-refractivity contribution in [3.8, 4) is 5.75 Å². The molecule has 1 aromatic carbocycles. The molecule has 4 heteroatoms. The normalized spacial score (nSPS) is 10.1. The van der Waals surface area contributed by atoms with Crippen LogP contribution < -0.4 is 10.1 Å². The average Bonchev–Trinajstić information content (AvgIpc) is 2.77. The van der Waals surface area contributed by atoms with Crippen LogP contribution in [0.4, 0.5) is 5.13 Å². The van der Waals surface area contributed by atoms with Crippen molar-refractivity contribution in [1.29, 1.82) is 0 Å². The maximum absolute atomic E-state index is 5.31. The Morgan fingerprint density at radius 1 is 1.38 bits per heavy atom. The standard InChI is InChI=1S/C12H14N2OS/c1-13-12-14-10(8-16-12)7-9-5-3-4-6-11(9)15-2/h3-6,8H,7H2,1-2H3,(H,13,14). The van der Waals surface area contributed by atoms with Crippen molar-refractivity contribution >= 4 is 16.5 Å². The van der Waals surface area contributed by atoms with Gasteiger partial charge < -0.3 is 10.1 Å². The van der Waals surface area contributed by atoms with Gasteiger partial charge in [-0.05, 0) is 6.07 Å². The number of hydrogen-bond donors (Lipinski definition) is 1. The molecule has 84 valence electrons. The van der Waals surface area contributed by atoms with E-state index in [4.69, 9.17) is 4.74 Å². The molecule has 0 saturated heterocycles. The van der Waals surface area contributed by atoms with Crippen LogP contribution in [0.5, 0.6) is 5.75 Å². The molecule has 0 saturated carbocycles. The van der Waals surface area contributed by atoms with Crippen molar-refractivity contribution in [2.24, 2.45) is 0 Å². The van der Waals surface area contributed by atoms with Gasteiger partial charge in [-0.25, -0.2) is 4.98 Å². The Morgan fingerprint density at radius 3 is 2.88 bits per heavy atom. The first-order valence-corrected chi connectivity index (χ1v) is 5.95. The quantitative estimate of drug-likeness (QED) is 0.883. The van der Waals surface area contributed by atoms with Crippen molar-refractivity contribution < 1.29 is 4.74 Å². The van der Waals surface area contributed by atoms with E-state index in [0.29, 0.717) is 0 Å². The van der Waals surface area contributed by atoms with Gasteiger partial charge in [-0.15, -0.1) is 11.3 Å². The number of rotatable bonds is 4. The number of ether oxygens (including phenoxy) is 1. The van der Waals surface area contributed by atoms with Crippen LogP contribution in [-0.4, -0.2) is 19.1 Å². The van der Waals surface area contributed by atoms with Gasteiger partial charge in [-0.3, -0.25) is 0 Å². The smallest absolute Gasteiger partial charge is 0.182 e. The van der Waals surface area contributed by atoms with E-state index < -0.39 is 0 Å². The second kappa shape index (κ2) is 4.99. The highest BCUT2D eigenvalue weighted by atomic mass is 32.1. The maximum Gasteiger partial charge on any atom is 0.182 e. The van der Waals surface area contributed by atoms with Crippen LogP contribution in [0.3, 0.4) is 0 Å². The molecule has 0 bridgehead atoms. The van der Waals surface area contributed by atoms with Gasteiger partial charge in [0.1, 0.15) is 5.75 Å². The first-order valence-electron chi connectivity index (χ1n) is 5.07. The second-order valence-electron chi connectivity index (χ2n) is 3.38. The zero-order valence-electron chi connectivity index (χ0n) is 9.36. The summed E-state index contributed by atoms with van der Waals surface area (Å²) in [6.45, 7) is 0. The SMILES string of the molecule is CNc1nc(Cc2ccccc2OC)cs1. The number of nitrogens with one attached hydrogen (secondary N) is 1. The molecule has 2 rings (SSSR count). The van der Waals surface area contributed by atoms with E-state index in [1.807, 2.05) is 25.2 Å². The lowest BCUT2D eigenvalue weighted by Gasteiger charge is -2.05. The van der Waals surface area contributed by atoms with Crippen LogP contribution in [0.25, 0.3) is 0 Å². The number of nitrogens with zero attached hydrogens (tertiary/aromatic N) is 1. The molecule has 1 N–H and O–H groups in total. The van der Waals surface area contributed by atoms with E-state index >= 15 is 0 Å². The summed E-state index contributed by atoms with van der Waals surface area (Å²) in [5.41, 5.74) is 2.23. The Hall–Kier alpha value is -1.55. The van der Waals surface area contributed by atoms with Gasteiger partial charge in [-0.1, -0.05) is 18.2 Å². The van der Waals surface area contributed by atoms with E-state index in [1.54, 1.807) is 18.4 Å². The highest BCUT2D eigenvalue weighted by Crippen LogP contribution is 2.23. The van der Waals surface area contributed by atoms with Gasteiger partial charge in [0.2, 0.25) is 0 Å². The number of thiazole rings is 1. The molecule has 0 aliphatic heterocycles. The van der Waals surface area contributed by atoms with Crippen molar-refractivity contribution in [2.75, 3.05) is 19.5 Å². The second-order valence-corrected chi connectivity index (χ2v) is 4.24.